The molecule has 86 valence electrons. The molecule has 4 heteroatoms. The number of imide groups is 1. The summed E-state index contributed by atoms with van der Waals surface area (Å²) in [6, 6.07) is 9.33. The summed E-state index contributed by atoms with van der Waals surface area (Å²) in [7, 11) is 3.18. The summed E-state index contributed by atoms with van der Waals surface area (Å²) in [5.74, 6) is -0.221. The molecule has 0 aromatic heterocycles. The summed E-state index contributed by atoms with van der Waals surface area (Å²) in [4.78, 5) is 23.3. The summed E-state index contributed by atoms with van der Waals surface area (Å²) >= 11 is 0. The first kappa shape index (κ1) is 12.4. The number of benzene rings is 1. The second-order valence-electron chi connectivity index (χ2n) is 3.59. The molecule has 2 amide bonds. The van der Waals surface area contributed by atoms with E-state index in [0.717, 1.165) is 10.5 Å². The van der Waals surface area contributed by atoms with Crippen molar-refractivity contribution in [1.29, 1.82) is 0 Å². The Balaban J connectivity index is 2.69. The highest BCUT2D eigenvalue weighted by molar-refractivity contribution is 5.90. The van der Waals surface area contributed by atoms with Crippen LogP contribution in [0, 0.1) is 0 Å². The van der Waals surface area contributed by atoms with Crippen LogP contribution in [0.15, 0.2) is 30.3 Å². The zero-order chi connectivity index (χ0) is 12.0. The first-order chi connectivity index (χ1) is 7.69. The van der Waals surface area contributed by atoms with Crippen molar-refractivity contribution in [3.05, 3.63) is 35.9 Å². The van der Waals surface area contributed by atoms with Crippen LogP contribution in [0.2, 0.25) is 0 Å². The van der Waals surface area contributed by atoms with E-state index in [-0.39, 0.29) is 11.9 Å². The zero-order valence-electron chi connectivity index (χ0n) is 9.51. The van der Waals surface area contributed by atoms with Crippen LogP contribution in [0.25, 0.3) is 0 Å². The van der Waals surface area contributed by atoms with Crippen LogP contribution in [-0.2, 0) is 16.0 Å². The zero-order valence-corrected chi connectivity index (χ0v) is 9.51. The van der Waals surface area contributed by atoms with Gasteiger partial charge in [0, 0.05) is 7.05 Å². The first-order valence-corrected chi connectivity index (χ1v) is 5.12. The van der Waals surface area contributed by atoms with Crippen molar-refractivity contribution in [2.45, 2.75) is 12.5 Å². The minimum atomic E-state index is -0.363. The molecule has 1 unspecified atom stereocenters. The van der Waals surface area contributed by atoms with Gasteiger partial charge in [-0.3, -0.25) is 14.5 Å². The normalized spacial score (nSPS) is 11.9. The molecular formula is C12H16N2O2. The van der Waals surface area contributed by atoms with Crippen LogP contribution >= 0.6 is 0 Å². The lowest BCUT2D eigenvalue weighted by atomic mass is 10.1. The van der Waals surface area contributed by atoms with Crippen molar-refractivity contribution in [1.82, 2.24) is 10.2 Å². The lowest BCUT2D eigenvalue weighted by Gasteiger charge is -2.18. The Hall–Kier alpha value is -1.68. The molecule has 0 aliphatic rings. The smallest absolute Gasteiger partial charge is 0.246 e. The van der Waals surface area contributed by atoms with E-state index in [1.54, 1.807) is 7.05 Å². The summed E-state index contributed by atoms with van der Waals surface area (Å²) in [6.45, 7) is 0. The Bertz CT molecular complexity index is 351. The van der Waals surface area contributed by atoms with E-state index in [0.29, 0.717) is 12.8 Å². The Morgan fingerprint density at radius 1 is 1.44 bits per heavy atom. The van der Waals surface area contributed by atoms with Crippen LogP contribution in [0.4, 0.5) is 0 Å². The number of carbonyl (C=O) groups excluding carboxylic acids is 2. The third-order valence-electron chi connectivity index (χ3n) is 2.43. The maximum Gasteiger partial charge on any atom is 0.246 e. The number of likely N-dealkylation sites (N-methyl/N-ethyl adjacent to an activating group) is 2. The van der Waals surface area contributed by atoms with Crippen LogP contribution in [0.1, 0.15) is 5.56 Å². The summed E-state index contributed by atoms with van der Waals surface area (Å²) in [5, 5.41) is 2.92. The molecule has 1 aromatic carbocycles. The van der Waals surface area contributed by atoms with Crippen molar-refractivity contribution in [3.63, 3.8) is 0 Å². The van der Waals surface area contributed by atoms with Crippen molar-refractivity contribution in [3.8, 4) is 0 Å². The van der Waals surface area contributed by atoms with Gasteiger partial charge in [-0.25, -0.2) is 0 Å². The molecule has 1 N–H and O–H groups in total. The molecule has 0 saturated heterocycles. The van der Waals surface area contributed by atoms with Gasteiger partial charge in [0.1, 0.15) is 0 Å². The summed E-state index contributed by atoms with van der Waals surface area (Å²) in [5.41, 5.74) is 1.06. The van der Waals surface area contributed by atoms with E-state index in [9.17, 15) is 9.59 Å². The molecule has 1 aromatic rings. The van der Waals surface area contributed by atoms with Gasteiger partial charge in [0.05, 0.1) is 6.04 Å². The second kappa shape index (κ2) is 6.02. The van der Waals surface area contributed by atoms with Gasteiger partial charge >= 0.3 is 0 Å². The maximum atomic E-state index is 11.7. The fourth-order valence-electron chi connectivity index (χ4n) is 1.46. The highest BCUT2D eigenvalue weighted by atomic mass is 16.2. The average molecular weight is 220 g/mol. The Morgan fingerprint density at radius 3 is 2.56 bits per heavy atom. The van der Waals surface area contributed by atoms with E-state index >= 15 is 0 Å². The van der Waals surface area contributed by atoms with Crippen LogP contribution in [0.5, 0.6) is 0 Å². The van der Waals surface area contributed by atoms with Crippen molar-refractivity contribution in [2.24, 2.45) is 0 Å². The van der Waals surface area contributed by atoms with Gasteiger partial charge in [0.15, 0.2) is 0 Å². The number of rotatable bonds is 5. The van der Waals surface area contributed by atoms with Crippen LogP contribution in [0.3, 0.4) is 0 Å². The molecule has 0 saturated carbocycles. The molecule has 1 atom stereocenters. The number of hydrogen-bond donors (Lipinski definition) is 1. The largest absolute Gasteiger partial charge is 0.309 e. The molecule has 16 heavy (non-hydrogen) atoms. The SMILES string of the molecule is CNC(Cc1ccccc1)C(=O)N(C)C=O. The van der Waals surface area contributed by atoms with E-state index in [1.807, 2.05) is 30.3 Å². The molecule has 0 spiro atoms. The van der Waals surface area contributed by atoms with E-state index in [4.69, 9.17) is 0 Å². The topological polar surface area (TPSA) is 49.4 Å². The van der Waals surface area contributed by atoms with Crippen molar-refractivity contribution >= 4 is 12.3 Å². The molecule has 1 rings (SSSR count). The second-order valence-corrected chi connectivity index (χ2v) is 3.59. The standard InChI is InChI=1S/C12H16N2O2/c1-13-11(12(16)14(2)9-15)8-10-6-4-3-5-7-10/h3-7,9,11,13H,8H2,1-2H3. The van der Waals surface area contributed by atoms with Gasteiger partial charge in [-0.15, -0.1) is 0 Å². The molecule has 0 heterocycles. The number of amides is 2. The Morgan fingerprint density at radius 2 is 2.06 bits per heavy atom. The Kier molecular flexibility index (Phi) is 4.66. The Labute approximate surface area is 95.3 Å². The first-order valence-electron chi connectivity index (χ1n) is 5.12. The lowest BCUT2D eigenvalue weighted by molar-refractivity contribution is -0.138. The minimum absolute atomic E-state index is 0.221. The third-order valence-corrected chi connectivity index (χ3v) is 2.43. The molecule has 0 aliphatic heterocycles. The highest BCUT2D eigenvalue weighted by Gasteiger charge is 2.19. The summed E-state index contributed by atoms with van der Waals surface area (Å²) in [6.07, 6.45) is 1.10. The maximum absolute atomic E-state index is 11.7. The predicted octanol–water partition coefficient (Wildman–Crippen LogP) is 0.432. The number of nitrogens with one attached hydrogen (secondary N) is 1. The molecule has 0 fully saturated rings. The third kappa shape index (κ3) is 3.17. The average Bonchev–Trinajstić information content (AvgIpc) is 2.35. The van der Waals surface area contributed by atoms with E-state index < -0.39 is 0 Å². The van der Waals surface area contributed by atoms with E-state index in [2.05, 4.69) is 5.32 Å². The molecule has 4 nitrogen and oxygen atoms in total. The minimum Gasteiger partial charge on any atom is -0.309 e. The quantitative estimate of drug-likeness (QED) is 0.732. The van der Waals surface area contributed by atoms with Gasteiger partial charge in [0.25, 0.3) is 0 Å². The fraction of sp³-hybridized carbons (Fsp3) is 0.333. The molecule has 0 bridgehead atoms. The van der Waals surface area contributed by atoms with Crippen molar-refractivity contribution in [2.75, 3.05) is 14.1 Å². The van der Waals surface area contributed by atoms with Crippen LogP contribution in [-0.4, -0.2) is 37.4 Å². The molecular weight excluding hydrogens is 204 g/mol. The van der Waals surface area contributed by atoms with E-state index in [1.165, 1.54) is 7.05 Å². The fourth-order valence-corrected chi connectivity index (χ4v) is 1.46. The van der Waals surface area contributed by atoms with Gasteiger partial charge in [0.2, 0.25) is 12.3 Å². The monoisotopic (exact) mass is 220 g/mol. The number of carbonyl (C=O) groups is 2. The molecule has 0 radical (unpaired) electrons. The van der Waals surface area contributed by atoms with Gasteiger partial charge in [-0.05, 0) is 19.0 Å². The highest BCUT2D eigenvalue weighted by Crippen LogP contribution is 2.04. The predicted molar refractivity (Wildman–Crippen MR) is 61.8 cm³/mol. The van der Waals surface area contributed by atoms with Gasteiger partial charge < -0.3 is 5.32 Å². The van der Waals surface area contributed by atoms with Gasteiger partial charge in [-0.2, -0.15) is 0 Å². The van der Waals surface area contributed by atoms with Gasteiger partial charge in [-0.1, -0.05) is 30.3 Å². The van der Waals surface area contributed by atoms with Crippen LogP contribution < -0.4 is 5.32 Å². The number of nitrogens with zero attached hydrogens (tertiary/aromatic N) is 1. The number of hydrogen-bond acceptors (Lipinski definition) is 3. The molecule has 0 aliphatic carbocycles. The lowest BCUT2D eigenvalue weighted by Crippen LogP contribution is -2.44. The van der Waals surface area contributed by atoms with Crippen molar-refractivity contribution < 1.29 is 9.59 Å². The summed E-state index contributed by atoms with van der Waals surface area (Å²) < 4.78 is 0.